The van der Waals surface area contributed by atoms with Crippen LogP contribution in [0.4, 0.5) is 5.69 Å². The molecule has 0 radical (unpaired) electrons. The molecule has 0 N–H and O–H groups in total. The SMILES string of the molecule is CC.CC.CSc1cccc2c(N(C)C)cccc12. The molecule has 19 heavy (non-hydrogen) atoms. The summed E-state index contributed by atoms with van der Waals surface area (Å²) < 4.78 is 0. The molecular formula is C17H27NS. The second-order valence-corrected chi connectivity index (χ2v) is 4.58. The minimum absolute atomic E-state index is 1.28. The van der Waals surface area contributed by atoms with E-state index in [4.69, 9.17) is 0 Å². The van der Waals surface area contributed by atoms with Crippen LogP contribution in [-0.4, -0.2) is 20.4 Å². The molecule has 0 heterocycles. The van der Waals surface area contributed by atoms with E-state index in [0.29, 0.717) is 0 Å². The molecule has 0 aliphatic heterocycles. The standard InChI is InChI=1S/C13H15NS.2C2H6/c1-14(2)12-8-4-7-11-10(12)6-5-9-13(11)15-3;2*1-2/h4-9H,1-3H3;2*1-2H3. The van der Waals surface area contributed by atoms with Crippen molar-refractivity contribution in [2.75, 3.05) is 25.3 Å². The summed E-state index contributed by atoms with van der Waals surface area (Å²) in [6, 6.07) is 13.0. The number of hydrogen-bond donors (Lipinski definition) is 0. The van der Waals surface area contributed by atoms with E-state index < -0.39 is 0 Å². The van der Waals surface area contributed by atoms with Gasteiger partial charge in [-0.15, -0.1) is 11.8 Å². The second kappa shape index (κ2) is 9.74. The molecule has 2 aromatic carbocycles. The molecule has 1 nitrogen and oxygen atoms in total. The van der Waals surface area contributed by atoms with Crippen LogP contribution < -0.4 is 4.90 Å². The summed E-state index contributed by atoms with van der Waals surface area (Å²) >= 11 is 1.80. The Kier molecular flexibility index (Phi) is 9.15. The molecule has 0 bridgehead atoms. The van der Waals surface area contributed by atoms with Gasteiger partial charge in [-0.05, 0) is 23.8 Å². The van der Waals surface area contributed by atoms with Gasteiger partial charge < -0.3 is 4.90 Å². The molecule has 0 fully saturated rings. The van der Waals surface area contributed by atoms with Crippen molar-refractivity contribution in [2.24, 2.45) is 0 Å². The highest BCUT2D eigenvalue weighted by Gasteiger charge is 2.04. The fourth-order valence-electron chi connectivity index (χ4n) is 1.83. The van der Waals surface area contributed by atoms with E-state index >= 15 is 0 Å². The average Bonchev–Trinajstić information content (AvgIpc) is 2.49. The van der Waals surface area contributed by atoms with Crippen molar-refractivity contribution in [3.05, 3.63) is 36.4 Å². The lowest BCUT2D eigenvalue weighted by Crippen LogP contribution is -2.08. The van der Waals surface area contributed by atoms with Crippen LogP contribution in [0.15, 0.2) is 41.3 Å². The Morgan fingerprint density at radius 2 is 1.32 bits per heavy atom. The van der Waals surface area contributed by atoms with Gasteiger partial charge in [0.05, 0.1) is 0 Å². The molecule has 2 heteroatoms. The summed E-state index contributed by atoms with van der Waals surface area (Å²) in [6.07, 6.45) is 2.12. The number of nitrogens with zero attached hydrogens (tertiary/aromatic N) is 1. The summed E-state index contributed by atoms with van der Waals surface area (Å²) in [4.78, 5) is 3.50. The van der Waals surface area contributed by atoms with Crippen molar-refractivity contribution in [3.63, 3.8) is 0 Å². The normalized spacial score (nSPS) is 9.00. The summed E-state index contributed by atoms with van der Waals surface area (Å²) in [7, 11) is 4.17. The number of hydrogen-bond acceptors (Lipinski definition) is 2. The van der Waals surface area contributed by atoms with E-state index in [1.165, 1.54) is 21.4 Å². The molecular weight excluding hydrogens is 250 g/mol. The van der Waals surface area contributed by atoms with Crippen LogP contribution in [0, 0.1) is 0 Å². The van der Waals surface area contributed by atoms with Gasteiger partial charge in [-0.3, -0.25) is 0 Å². The monoisotopic (exact) mass is 277 g/mol. The van der Waals surface area contributed by atoms with E-state index in [-0.39, 0.29) is 0 Å². The summed E-state index contributed by atoms with van der Waals surface area (Å²) in [6.45, 7) is 8.00. The van der Waals surface area contributed by atoms with Gasteiger partial charge in [-0.25, -0.2) is 0 Å². The molecule has 0 saturated carbocycles. The molecule has 0 aromatic heterocycles. The van der Waals surface area contributed by atoms with E-state index in [1.54, 1.807) is 11.8 Å². The van der Waals surface area contributed by atoms with E-state index in [2.05, 4.69) is 61.6 Å². The van der Waals surface area contributed by atoms with Crippen molar-refractivity contribution in [1.29, 1.82) is 0 Å². The predicted molar refractivity (Wildman–Crippen MR) is 92.8 cm³/mol. The van der Waals surface area contributed by atoms with Crippen LogP contribution in [0.2, 0.25) is 0 Å². The minimum Gasteiger partial charge on any atom is -0.377 e. The van der Waals surface area contributed by atoms with E-state index in [1.807, 2.05) is 27.7 Å². The molecule has 2 rings (SSSR count). The zero-order valence-electron chi connectivity index (χ0n) is 13.3. The van der Waals surface area contributed by atoms with Gasteiger partial charge in [0.1, 0.15) is 0 Å². The van der Waals surface area contributed by atoms with Crippen LogP contribution in [-0.2, 0) is 0 Å². The van der Waals surface area contributed by atoms with Crippen molar-refractivity contribution in [1.82, 2.24) is 0 Å². The van der Waals surface area contributed by atoms with Crippen molar-refractivity contribution in [2.45, 2.75) is 32.6 Å². The Morgan fingerprint density at radius 1 is 0.789 bits per heavy atom. The maximum absolute atomic E-state index is 2.19. The fraction of sp³-hybridized carbons (Fsp3) is 0.412. The molecule has 106 valence electrons. The number of thioether (sulfide) groups is 1. The lowest BCUT2D eigenvalue weighted by Gasteiger charge is -2.16. The molecule has 0 amide bonds. The van der Waals surface area contributed by atoms with Gasteiger partial charge in [-0.1, -0.05) is 52.0 Å². The Hall–Kier alpha value is -1.15. The van der Waals surface area contributed by atoms with Crippen LogP contribution in [0.3, 0.4) is 0 Å². The van der Waals surface area contributed by atoms with Gasteiger partial charge in [0.25, 0.3) is 0 Å². The first kappa shape index (κ1) is 17.8. The number of rotatable bonds is 2. The smallest absolute Gasteiger partial charge is 0.0441 e. The Morgan fingerprint density at radius 3 is 1.84 bits per heavy atom. The quantitative estimate of drug-likeness (QED) is 0.650. The highest BCUT2D eigenvalue weighted by molar-refractivity contribution is 7.98. The Bertz CT molecular complexity index is 478. The third kappa shape index (κ3) is 4.46. The first-order valence-corrected chi connectivity index (χ1v) is 8.19. The van der Waals surface area contributed by atoms with Crippen molar-refractivity contribution >= 4 is 28.2 Å². The van der Waals surface area contributed by atoms with Crippen LogP contribution in [0.1, 0.15) is 27.7 Å². The topological polar surface area (TPSA) is 3.24 Å². The van der Waals surface area contributed by atoms with Gasteiger partial charge in [0.15, 0.2) is 0 Å². The first-order chi connectivity index (χ1) is 9.24. The number of benzene rings is 2. The molecule has 0 aliphatic carbocycles. The molecule has 0 saturated heterocycles. The Labute approximate surface area is 123 Å². The molecule has 0 atom stereocenters. The summed E-state index contributed by atoms with van der Waals surface area (Å²) in [5, 5.41) is 2.67. The fourth-order valence-corrected chi connectivity index (χ4v) is 2.45. The molecule has 2 aromatic rings. The van der Waals surface area contributed by atoms with Gasteiger partial charge >= 0.3 is 0 Å². The molecule has 0 unspecified atom stereocenters. The lowest BCUT2D eigenvalue weighted by molar-refractivity contribution is 1.14. The minimum atomic E-state index is 1.28. The molecule has 0 spiro atoms. The average molecular weight is 277 g/mol. The van der Waals surface area contributed by atoms with E-state index in [9.17, 15) is 0 Å². The third-order valence-corrected chi connectivity index (χ3v) is 3.36. The first-order valence-electron chi connectivity index (χ1n) is 6.97. The predicted octanol–water partition coefficient (Wildman–Crippen LogP) is 5.68. The van der Waals surface area contributed by atoms with Crippen LogP contribution >= 0.6 is 11.8 Å². The maximum atomic E-state index is 2.19. The summed E-state index contributed by atoms with van der Waals surface area (Å²) in [5.41, 5.74) is 1.28. The Balaban J connectivity index is 0.000000741. The van der Waals surface area contributed by atoms with Crippen LogP contribution in [0.5, 0.6) is 0 Å². The van der Waals surface area contributed by atoms with Crippen molar-refractivity contribution in [3.8, 4) is 0 Å². The lowest BCUT2D eigenvalue weighted by atomic mass is 10.1. The van der Waals surface area contributed by atoms with Crippen LogP contribution in [0.25, 0.3) is 10.8 Å². The number of fused-ring (bicyclic) bond motifs is 1. The third-order valence-electron chi connectivity index (χ3n) is 2.56. The van der Waals surface area contributed by atoms with E-state index in [0.717, 1.165) is 0 Å². The van der Waals surface area contributed by atoms with Gasteiger partial charge in [-0.2, -0.15) is 0 Å². The zero-order chi connectivity index (χ0) is 14.8. The number of anilines is 1. The maximum Gasteiger partial charge on any atom is 0.0441 e. The highest BCUT2D eigenvalue weighted by Crippen LogP contribution is 2.31. The van der Waals surface area contributed by atoms with Gasteiger partial charge in [0, 0.05) is 30.1 Å². The zero-order valence-corrected chi connectivity index (χ0v) is 14.1. The van der Waals surface area contributed by atoms with Gasteiger partial charge in [0.2, 0.25) is 0 Å². The second-order valence-electron chi connectivity index (χ2n) is 3.73. The van der Waals surface area contributed by atoms with Crippen molar-refractivity contribution < 1.29 is 0 Å². The largest absolute Gasteiger partial charge is 0.377 e. The highest BCUT2D eigenvalue weighted by atomic mass is 32.2. The molecule has 0 aliphatic rings. The summed E-state index contributed by atoms with van der Waals surface area (Å²) in [5.74, 6) is 0.